The van der Waals surface area contributed by atoms with Crippen molar-refractivity contribution in [1.82, 2.24) is 9.97 Å². The van der Waals surface area contributed by atoms with Crippen LogP contribution in [0.5, 0.6) is 0 Å². The third kappa shape index (κ3) is 4.49. The van der Waals surface area contributed by atoms with E-state index in [1.807, 2.05) is 19.1 Å². The number of carbonyl (C=O) groups excluding carboxylic acids is 1. The number of hydrogen-bond acceptors (Lipinski definition) is 5. The van der Waals surface area contributed by atoms with Gasteiger partial charge in [0.1, 0.15) is 0 Å². The summed E-state index contributed by atoms with van der Waals surface area (Å²) in [5, 5.41) is 2.35. The average molecular weight is 436 g/mol. The largest absolute Gasteiger partial charge is 0.319 e. The van der Waals surface area contributed by atoms with Crippen LogP contribution in [0.25, 0.3) is 0 Å². The first kappa shape index (κ1) is 20.3. The molecule has 1 heterocycles. The molecular weight excluding hydrogens is 421 g/mol. The lowest BCUT2D eigenvalue weighted by molar-refractivity contribution is 0.102. The van der Waals surface area contributed by atoms with Crippen LogP contribution in [0.15, 0.2) is 59.9 Å². The highest BCUT2D eigenvalue weighted by Crippen LogP contribution is 2.23. The number of sulfone groups is 1. The van der Waals surface area contributed by atoms with Gasteiger partial charge in [-0.3, -0.25) is 4.79 Å². The van der Waals surface area contributed by atoms with Gasteiger partial charge in [-0.2, -0.15) is 0 Å². The highest BCUT2D eigenvalue weighted by Gasteiger charge is 2.23. The maximum Gasteiger partial charge on any atom is 0.276 e. The quantitative estimate of drug-likeness (QED) is 0.602. The standard InChI is InChI=1S/C19H15Cl2N3O3S/c1-12-6-2-3-7-13(12)11-28(26,27)19-22-10-15(21)17(24-19)18(25)23-16-9-5-4-8-14(16)20/h2-10H,11H2,1H3,(H,23,25). The summed E-state index contributed by atoms with van der Waals surface area (Å²) in [7, 11) is -3.88. The lowest BCUT2D eigenvalue weighted by Gasteiger charge is -2.10. The normalized spacial score (nSPS) is 11.2. The van der Waals surface area contributed by atoms with E-state index in [4.69, 9.17) is 23.2 Å². The van der Waals surface area contributed by atoms with E-state index in [1.54, 1.807) is 36.4 Å². The van der Waals surface area contributed by atoms with Crippen LogP contribution in [0, 0.1) is 6.92 Å². The fourth-order valence-corrected chi connectivity index (χ4v) is 4.11. The SMILES string of the molecule is Cc1ccccc1CS(=O)(=O)c1ncc(Cl)c(C(=O)Nc2ccccc2Cl)n1. The van der Waals surface area contributed by atoms with Crippen molar-refractivity contribution in [2.75, 3.05) is 5.32 Å². The Morgan fingerprint density at radius 1 is 1.04 bits per heavy atom. The molecule has 6 nitrogen and oxygen atoms in total. The Bertz CT molecular complexity index is 1150. The lowest BCUT2D eigenvalue weighted by atomic mass is 10.1. The Balaban J connectivity index is 1.91. The van der Waals surface area contributed by atoms with Crippen molar-refractivity contribution in [3.63, 3.8) is 0 Å². The zero-order chi connectivity index (χ0) is 20.3. The molecule has 0 saturated carbocycles. The summed E-state index contributed by atoms with van der Waals surface area (Å²) in [5.41, 5.74) is 1.56. The van der Waals surface area contributed by atoms with E-state index >= 15 is 0 Å². The van der Waals surface area contributed by atoms with Gasteiger partial charge in [-0.25, -0.2) is 18.4 Å². The number of nitrogens with one attached hydrogen (secondary N) is 1. The predicted octanol–water partition coefficient (Wildman–Crippen LogP) is 4.32. The number of amides is 1. The molecule has 0 atom stereocenters. The summed E-state index contributed by atoms with van der Waals surface area (Å²) in [6.07, 6.45) is 1.10. The first-order valence-corrected chi connectivity index (χ1v) is 10.5. The molecule has 2 aromatic carbocycles. The second-order valence-corrected chi connectivity index (χ2v) is 8.67. The summed E-state index contributed by atoms with van der Waals surface area (Å²) < 4.78 is 25.5. The highest BCUT2D eigenvalue weighted by atomic mass is 35.5. The van der Waals surface area contributed by atoms with Crippen LogP contribution in [-0.4, -0.2) is 24.3 Å². The van der Waals surface area contributed by atoms with Gasteiger partial charge in [-0.05, 0) is 30.2 Å². The number of nitrogens with zero attached hydrogens (tertiary/aromatic N) is 2. The Kier molecular flexibility index (Phi) is 5.98. The summed E-state index contributed by atoms with van der Waals surface area (Å²) in [5.74, 6) is -0.972. The summed E-state index contributed by atoms with van der Waals surface area (Å²) in [6, 6.07) is 13.7. The van der Waals surface area contributed by atoms with Gasteiger partial charge < -0.3 is 5.32 Å². The zero-order valence-corrected chi connectivity index (χ0v) is 17.0. The van der Waals surface area contributed by atoms with Crippen molar-refractivity contribution < 1.29 is 13.2 Å². The Morgan fingerprint density at radius 2 is 1.71 bits per heavy atom. The first-order chi connectivity index (χ1) is 13.3. The van der Waals surface area contributed by atoms with Gasteiger partial charge in [-0.15, -0.1) is 0 Å². The van der Waals surface area contributed by atoms with Crippen molar-refractivity contribution in [3.05, 3.63) is 81.6 Å². The Morgan fingerprint density at radius 3 is 2.43 bits per heavy atom. The Labute approximate surface area is 172 Å². The number of benzene rings is 2. The molecule has 0 aliphatic carbocycles. The molecule has 0 aliphatic heterocycles. The van der Waals surface area contributed by atoms with Gasteiger partial charge in [-0.1, -0.05) is 59.6 Å². The smallest absolute Gasteiger partial charge is 0.276 e. The van der Waals surface area contributed by atoms with Crippen LogP contribution in [0.4, 0.5) is 5.69 Å². The van der Waals surface area contributed by atoms with E-state index in [2.05, 4.69) is 15.3 Å². The van der Waals surface area contributed by atoms with Gasteiger partial charge in [0.25, 0.3) is 5.91 Å². The summed E-state index contributed by atoms with van der Waals surface area (Å²) in [4.78, 5) is 20.3. The van der Waals surface area contributed by atoms with Crippen LogP contribution in [0.2, 0.25) is 10.0 Å². The molecule has 1 amide bonds. The molecule has 144 valence electrons. The minimum atomic E-state index is -3.88. The van der Waals surface area contributed by atoms with E-state index in [-0.39, 0.29) is 16.5 Å². The molecule has 9 heteroatoms. The molecule has 0 bridgehead atoms. The number of para-hydroxylation sites is 1. The maximum atomic E-state index is 12.7. The predicted molar refractivity (Wildman–Crippen MR) is 109 cm³/mol. The minimum Gasteiger partial charge on any atom is -0.319 e. The molecule has 0 aliphatic rings. The van der Waals surface area contributed by atoms with Gasteiger partial charge in [0.15, 0.2) is 5.69 Å². The molecule has 3 rings (SSSR count). The van der Waals surface area contributed by atoms with Gasteiger partial charge in [0, 0.05) is 0 Å². The van der Waals surface area contributed by atoms with Crippen LogP contribution in [0.1, 0.15) is 21.6 Å². The Hall–Kier alpha value is -2.48. The number of hydrogen-bond donors (Lipinski definition) is 1. The van der Waals surface area contributed by atoms with Crippen LogP contribution in [0.3, 0.4) is 0 Å². The lowest BCUT2D eigenvalue weighted by Crippen LogP contribution is -2.18. The van der Waals surface area contributed by atoms with Crippen molar-refractivity contribution >= 4 is 44.6 Å². The molecule has 28 heavy (non-hydrogen) atoms. The van der Waals surface area contributed by atoms with Crippen LogP contribution in [-0.2, 0) is 15.6 Å². The van der Waals surface area contributed by atoms with Crippen LogP contribution >= 0.6 is 23.2 Å². The number of aryl methyl sites for hydroxylation is 1. The molecular formula is C19H15Cl2N3O3S. The van der Waals surface area contributed by atoms with E-state index < -0.39 is 20.9 Å². The maximum absolute atomic E-state index is 12.7. The molecule has 0 saturated heterocycles. The zero-order valence-electron chi connectivity index (χ0n) is 14.7. The monoisotopic (exact) mass is 435 g/mol. The molecule has 0 spiro atoms. The second-order valence-electron chi connectivity index (χ2n) is 5.97. The van der Waals surface area contributed by atoms with E-state index in [0.717, 1.165) is 11.8 Å². The minimum absolute atomic E-state index is 0.0700. The van der Waals surface area contributed by atoms with E-state index in [1.165, 1.54) is 0 Å². The number of carbonyl (C=O) groups is 1. The molecule has 0 unspecified atom stereocenters. The van der Waals surface area contributed by atoms with Crippen LogP contribution < -0.4 is 5.32 Å². The van der Waals surface area contributed by atoms with Crippen molar-refractivity contribution in [1.29, 1.82) is 0 Å². The average Bonchev–Trinajstić information content (AvgIpc) is 2.65. The van der Waals surface area contributed by atoms with Gasteiger partial charge in [0.05, 0.1) is 27.7 Å². The number of halogens is 2. The molecule has 1 N–H and O–H groups in total. The molecule has 3 aromatic rings. The fourth-order valence-electron chi connectivity index (χ4n) is 2.45. The number of aromatic nitrogens is 2. The van der Waals surface area contributed by atoms with Crippen molar-refractivity contribution in [2.24, 2.45) is 0 Å². The number of rotatable bonds is 5. The topological polar surface area (TPSA) is 89.0 Å². The van der Waals surface area contributed by atoms with Crippen molar-refractivity contribution in [3.8, 4) is 0 Å². The molecule has 0 radical (unpaired) electrons. The second kappa shape index (κ2) is 8.26. The molecule has 0 fully saturated rings. The van der Waals surface area contributed by atoms with Crippen molar-refractivity contribution in [2.45, 2.75) is 17.8 Å². The van der Waals surface area contributed by atoms with Gasteiger partial charge in [0.2, 0.25) is 15.0 Å². The highest BCUT2D eigenvalue weighted by molar-refractivity contribution is 7.90. The van der Waals surface area contributed by atoms with E-state index in [9.17, 15) is 13.2 Å². The first-order valence-electron chi connectivity index (χ1n) is 8.13. The summed E-state index contributed by atoms with van der Waals surface area (Å²) >= 11 is 12.0. The third-order valence-electron chi connectivity index (χ3n) is 3.94. The summed E-state index contributed by atoms with van der Waals surface area (Å²) in [6.45, 7) is 1.82. The van der Waals surface area contributed by atoms with Gasteiger partial charge >= 0.3 is 0 Å². The van der Waals surface area contributed by atoms with E-state index in [0.29, 0.717) is 16.3 Å². The fraction of sp³-hybridized carbons (Fsp3) is 0.105. The molecule has 1 aromatic heterocycles. The third-order valence-corrected chi connectivity index (χ3v) is 5.99. The number of anilines is 1.